The molecular weight excluding hydrogens is 266 g/mol. The summed E-state index contributed by atoms with van der Waals surface area (Å²) < 4.78 is 16.4. The zero-order valence-corrected chi connectivity index (χ0v) is 14.1. The van der Waals surface area contributed by atoms with Gasteiger partial charge in [0.25, 0.3) is 0 Å². The molecule has 0 amide bonds. The highest BCUT2D eigenvalue weighted by atomic mass is 16.5. The van der Waals surface area contributed by atoms with Crippen LogP contribution in [0, 0.1) is 5.92 Å². The smallest absolute Gasteiger partial charge is 0.0701 e. The van der Waals surface area contributed by atoms with Crippen LogP contribution in [0.15, 0.2) is 0 Å². The topological polar surface area (TPSA) is 39.7 Å². The van der Waals surface area contributed by atoms with E-state index >= 15 is 0 Å². The Hall–Kier alpha value is -0.160. The molecule has 1 aliphatic rings. The van der Waals surface area contributed by atoms with Gasteiger partial charge in [0.15, 0.2) is 0 Å². The van der Waals surface area contributed by atoms with E-state index in [0.29, 0.717) is 32.5 Å². The molecule has 1 atom stereocenters. The second-order valence-corrected chi connectivity index (χ2v) is 5.93. The van der Waals surface area contributed by atoms with E-state index in [1.807, 2.05) is 0 Å². The quantitative estimate of drug-likeness (QED) is 0.445. The van der Waals surface area contributed by atoms with Crippen molar-refractivity contribution in [2.75, 3.05) is 46.2 Å². The molecule has 1 rings (SSSR count). The molecule has 0 aromatic carbocycles. The molecule has 4 nitrogen and oxygen atoms in total. The summed E-state index contributed by atoms with van der Waals surface area (Å²) in [5.41, 5.74) is 0. The highest BCUT2D eigenvalue weighted by Crippen LogP contribution is 2.33. The molecule has 21 heavy (non-hydrogen) atoms. The van der Waals surface area contributed by atoms with Crippen molar-refractivity contribution >= 4 is 0 Å². The number of rotatable bonds is 16. The van der Waals surface area contributed by atoms with Crippen LogP contribution in [0.2, 0.25) is 0 Å². The van der Waals surface area contributed by atoms with Crippen molar-refractivity contribution in [3.8, 4) is 0 Å². The van der Waals surface area contributed by atoms with Gasteiger partial charge in [-0.25, -0.2) is 0 Å². The summed E-state index contributed by atoms with van der Waals surface area (Å²) in [5, 5.41) is 3.59. The second kappa shape index (κ2) is 13.5. The molecule has 0 bridgehead atoms. The molecule has 1 saturated carbocycles. The maximum Gasteiger partial charge on any atom is 0.0701 e. The van der Waals surface area contributed by atoms with Gasteiger partial charge in [-0.2, -0.15) is 0 Å². The first kappa shape index (κ1) is 18.9. The Morgan fingerprint density at radius 2 is 1.52 bits per heavy atom. The van der Waals surface area contributed by atoms with Gasteiger partial charge >= 0.3 is 0 Å². The minimum atomic E-state index is 0.663. The fraction of sp³-hybridized carbons (Fsp3) is 1.00. The molecule has 0 aromatic heterocycles. The van der Waals surface area contributed by atoms with Crippen molar-refractivity contribution in [2.45, 2.75) is 58.4 Å². The molecule has 0 aliphatic heterocycles. The van der Waals surface area contributed by atoms with Crippen LogP contribution in [0.4, 0.5) is 0 Å². The maximum atomic E-state index is 5.57. The molecule has 1 N–H and O–H groups in total. The number of hydrogen-bond acceptors (Lipinski definition) is 4. The van der Waals surface area contributed by atoms with Gasteiger partial charge in [-0.1, -0.05) is 33.1 Å². The Morgan fingerprint density at radius 1 is 0.905 bits per heavy atom. The minimum Gasteiger partial charge on any atom is -0.379 e. The Kier molecular flexibility index (Phi) is 12.1. The van der Waals surface area contributed by atoms with E-state index in [0.717, 1.165) is 32.1 Å². The van der Waals surface area contributed by atoms with Crippen LogP contribution in [-0.4, -0.2) is 52.2 Å². The summed E-state index contributed by atoms with van der Waals surface area (Å²) >= 11 is 0. The van der Waals surface area contributed by atoms with E-state index in [1.165, 1.54) is 32.1 Å². The SMILES string of the molecule is CCCCOCCOCCOCCNC(CC)CC1CC1. The van der Waals surface area contributed by atoms with Crippen LogP contribution in [0.3, 0.4) is 0 Å². The van der Waals surface area contributed by atoms with Crippen LogP contribution in [0.25, 0.3) is 0 Å². The molecule has 4 heteroatoms. The molecular formula is C17H35NO3. The number of hydrogen-bond donors (Lipinski definition) is 1. The molecule has 126 valence electrons. The third-order valence-corrected chi connectivity index (χ3v) is 3.87. The first-order valence-electron chi connectivity index (χ1n) is 8.83. The molecule has 1 unspecified atom stereocenters. The summed E-state index contributed by atoms with van der Waals surface area (Å²) in [6.45, 7) is 9.71. The van der Waals surface area contributed by atoms with E-state index in [-0.39, 0.29) is 0 Å². The highest BCUT2D eigenvalue weighted by Gasteiger charge is 2.24. The standard InChI is InChI=1S/C17H35NO3/c1-3-5-9-19-11-13-21-14-12-20-10-8-18-17(4-2)15-16-6-7-16/h16-18H,3-15H2,1-2H3. The monoisotopic (exact) mass is 301 g/mol. The lowest BCUT2D eigenvalue weighted by atomic mass is 10.1. The van der Waals surface area contributed by atoms with Crippen molar-refractivity contribution in [3.63, 3.8) is 0 Å². The summed E-state index contributed by atoms with van der Waals surface area (Å²) in [6.07, 6.45) is 7.76. The van der Waals surface area contributed by atoms with Gasteiger partial charge in [0, 0.05) is 19.2 Å². The molecule has 0 saturated heterocycles. The summed E-state index contributed by atoms with van der Waals surface area (Å²) in [7, 11) is 0. The fourth-order valence-electron chi connectivity index (χ4n) is 2.27. The van der Waals surface area contributed by atoms with Gasteiger partial charge in [0.05, 0.1) is 33.0 Å². The first-order valence-corrected chi connectivity index (χ1v) is 8.83. The fourth-order valence-corrected chi connectivity index (χ4v) is 2.27. The second-order valence-electron chi connectivity index (χ2n) is 5.93. The van der Waals surface area contributed by atoms with Crippen molar-refractivity contribution in [1.29, 1.82) is 0 Å². The van der Waals surface area contributed by atoms with Crippen LogP contribution in [-0.2, 0) is 14.2 Å². The summed E-state index contributed by atoms with van der Waals surface area (Å²) in [5.74, 6) is 0.997. The largest absolute Gasteiger partial charge is 0.379 e. The van der Waals surface area contributed by atoms with E-state index in [1.54, 1.807) is 0 Å². The van der Waals surface area contributed by atoms with Gasteiger partial charge in [0.2, 0.25) is 0 Å². The number of ether oxygens (including phenoxy) is 3. The average Bonchev–Trinajstić information content (AvgIpc) is 3.31. The van der Waals surface area contributed by atoms with E-state index in [4.69, 9.17) is 14.2 Å². The lowest BCUT2D eigenvalue weighted by Crippen LogP contribution is -2.32. The Morgan fingerprint density at radius 3 is 2.10 bits per heavy atom. The summed E-state index contributed by atoms with van der Waals surface area (Å²) in [6, 6.07) is 0.678. The van der Waals surface area contributed by atoms with Gasteiger partial charge in [-0.3, -0.25) is 0 Å². The van der Waals surface area contributed by atoms with E-state index in [2.05, 4.69) is 19.2 Å². The van der Waals surface area contributed by atoms with E-state index in [9.17, 15) is 0 Å². The zero-order valence-electron chi connectivity index (χ0n) is 14.1. The van der Waals surface area contributed by atoms with Crippen LogP contribution in [0.5, 0.6) is 0 Å². The normalized spacial score (nSPS) is 16.3. The van der Waals surface area contributed by atoms with Gasteiger partial charge in [-0.15, -0.1) is 0 Å². The maximum absolute atomic E-state index is 5.57. The average molecular weight is 301 g/mol. The lowest BCUT2D eigenvalue weighted by molar-refractivity contribution is 0.0143. The van der Waals surface area contributed by atoms with Gasteiger partial charge < -0.3 is 19.5 Å². The molecule has 1 fully saturated rings. The first-order chi connectivity index (χ1) is 10.4. The summed E-state index contributed by atoms with van der Waals surface area (Å²) in [4.78, 5) is 0. The Labute approximate surface area is 130 Å². The van der Waals surface area contributed by atoms with Crippen molar-refractivity contribution in [3.05, 3.63) is 0 Å². The number of nitrogens with one attached hydrogen (secondary N) is 1. The predicted molar refractivity (Wildman–Crippen MR) is 86.8 cm³/mol. The third kappa shape index (κ3) is 12.1. The Bertz CT molecular complexity index is 222. The van der Waals surface area contributed by atoms with E-state index < -0.39 is 0 Å². The van der Waals surface area contributed by atoms with Crippen molar-refractivity contribution in [1.82, 2.24) is 5.32 Å². The Balaban J connectivity index is 1.73. The van der Waals surface area contributed by atoms with Gasteiger partial charge in [-0.05, 0) is 25.2 Å². The zero-order chi connectivity index (χ0) is 15.2. The van der Waals surface area contributed by atoms with Crippen molar-refractivity contribution < 1.29 is 14.2 Å². The third-order valence-electron chi connectivity index (χ3n) is 3.87. The van der Waals surface area contributed by atoms with Crippen LogP contribution < -0.4 is 5.32 Å². The van der Waals surface area contributed by atoms with Crippen molar-refractivity contribution in [2.24, 2.45) is 5.92 Å². The molecule has 0 spiro atoms. The number of unbranched alkanes of at least 4 members (excludes halogenated alkanes) is 1. The highest BCUT2D eigenvalue weighted by molar-refractivity contribution is 4.79. The molecule has 0 radical (unpaired) electrons. The molecule has 0 heterocycles. The molecule has 0 aromatic rings. The minimum absolute atomic E-state index is 0.663. The lowest BCUT2D eigenvalue weighted by Gasteiger charge is -2.16. The van der Waals surface area contributed by atoms with Crippen LogP contribution >= 0.6 is 0 Å². The van der Waals surface area contributed by atoms with Crippen LogP contribution in [0.1, 0.15) is 52.4 Å². The molecule has 1 aliphatic carbocycles. The predicted octanol–water partition coefficient (Wildman–Crippen LogP) is 3.00. The van der Waals surface area contributed by atoms with Gasteiger partial charge in [0.1, 0.15) is 0 Å².